The summed E-state index contributed by atoms with van der Waals surface area (Å²) in [4.78, 5) is 12.1. The van der Waals surface area contributed by atoms with E-state index in [1.165, 1.54) is 11.1 Å². The second kappa shape index (κ2) is 9.91. The summed E-state index contributed by atoms with van der Waals surface area (Å²) in [5.74, 6) is 0.456. The first-order chi connectivity index (χ1) is 10.6. The molecule has 1 aliphatic rings. The number of amides is 1. The van der Waals surface area contributed by atoms with Crippen LogP contribution in [0.4, 0.5) is 0 Å². The van der Waals surface area contributed by atoms with E-state index in [9.17, 15) is 4.79 Å². The molecule has 1 aromatic carbocycles. The van der Waals surface area contributed by atoms with Crippen LogP contribution in [0, 0.1) is 18.8 Å². The first kappa shape index (κ1) is 19.9. The summed E-state index contributed by atoms with van der Waals surface area (Å²) < 4.78 is 5.99. The zero-order chi connectivity index (χ0) is 15.9. The molecular formula is C18H29ClN2O2. The van der Waals surface area contributed by atoms with Gasteiger partial charge in [0.2, 0.25) is 5.91 Å². The van der Waals surface area contributed by atoms with Gasteiger partial charge in [-0.3, -0.25) is 4.79 Å². The maximum Gasteiger partial charge on any atom is 0.224 e. The molecule has 1 heterocycles. The SMILES string of the molecule is CNCC(C)C(=O)NCC1CCCOC1c1ccc(C)cc1.Cl. The van der Waals surface area contributed by atoms with Gasteiger partial charge in [-0.05, 0) is 32.4 Å². The first-order valence-corrected chi connectivity index (χ1v) is 8.22. The third-order valence-corrected chi connectivity index (χ3v) is 4.35. The Kier molecular flexibility index (Phi) is 8.59. The fourth-order valence-electron chi connectivity index (χ4n) is 2.98. The van der Waals surface area contributed by atoms with E-state index in [-0.39, 0.29) is 30.3 Å². The van der Waals surface area contributed by atoms with Gasteiger partial charge in [0.05, 0.1) is 6.10 Å². The van der Waals surface area contributed by atoms with Gasteiger partial charge in [0.25, 0.3) is 0 Å². The van der Waals surface area contributed by atoms with Crippen LogP contribution in [-0.4, -0.2) is 32.7 Å². The third-order valence-electron chi connectivity index (χ3n) is 4.35. The lowest BCUT2D eigenvalue weighted by molar-refractivity contribution is -0.125. The van der Waals surface area contributed by atoms with Gasteiger partial charge < -0.3 is 15.4 Å². The molecule has 0 saturated carbocycles. The number of hydrogen-bond donors (Lipinski definition) is 2. The summed E-state index contributed by atoms with van der Waals surface area (Å²) in [6.07, 6.45) is 2.25. The van der Waals surface area contributed by atoms with Crippen molar-refractivity contribution in [2.45, 2.75) is 32.8 Å². The Balaban J connectivity index is 0.00000264. The van der Waals surface area contributed by atoms with E-state index in [4.69, 9.17) is 4.74 Å². The van der Waals surface area contributed by atoms with E-state index in [0.717, 1.165) is 19.4 Å². The highest BCUT2D eigenvalue weighted by Crippen LogP contribution is 2.33. The van der Waals surface area contributed by atoms with Crippen molar-refractivity contribution in [1.29, 1.82) is 0 Å². The van der Waals surface area contributed by atoms with E-state index in [2.05, 4.69) is 41.8 Å². The van der Waals surface area contributed by atoms with Crippen LogP contribution in [0.15, 0.2) is 24.3 Å². The van der Waals surface area contributed by atoms with Crippen molar-refractivity contribution in [3.8, 4) is 0 Å². The van der Waals surface area contributed by atoms with Crippen LogP contribution in [0.25, 0.3) is 0 Å². The summed E-state index contributed by atoms with van der Waals surface area (Å²) in [5, 5.41) is 6.13. The minimum atomic E-state index is -0.00710. The number of ether oxygens (including phenoxy) is 1. The number of carbonyl (C=O) groups excluding carboxylic acids is 1. The third kappa shape index (κ3) is 5.79. The highest BCUT2D eigenvalue weighted by molar-refractivity contribution is 5.85. The minimum absolute atomic E-state index is 0. The molecule has 23 heavy (non-hydrogen) atoms. The van der Waals surface area contributed by atoms with Crippen molar-refractivity contribution in [3.05, 3.63) is 35.4 Å². The minimum Gasteiger partial charge on any atom is -0.373 e. The fourth-order valence-corrected chi connectivity index (χ4v) is 2.98. The van der Waals surface area contributed by atoms with Crippen molar-refractivity contribution in [3.63, 3.8) is 0 Å². The van der Waals surface area contributed by atoms with Crippen LogP contribution in [0.1, 0.15) is 37.0 Å². The predicted octanol–water partition coefficient (Wildman–Crippen LogP) is 2.86. The van der Waals surface area contributed by atoms with E-state index in [1.54, 1.807) is 0 Å². The molecule has 2 rings (SSSR count). The Labute approximate surface area is 145 Å². The topological polar surface area (TPSA) is 50.4 Å². The van der Waals surface area contributed by atoms with E-state index in [0.29, 0.717) is 19.0 Å². The molecule has 0 bridgehead atoms. The van der Waals surface area contributed by atoms with Crippen LogP contribution in [0.5, 0.6) is 0 Å². The zero-order valence-corrected chi connectivity index (χ0v) is 15.1. The lowest BCUT2D eigenvalue weighted by atomic mass is 9.89. The van der Waals surface area contributed by atoms with E-state index >= 15 is 0 Å². The van der Waals surface area contributed by atoms with Gasteiger partial charge in [-0.15, -0.1) is 12.4 Å². The molecule has 1 aromatic rings. The largest absolute Gasteiger partial charge is 0.373 e. The standard InChI is InChI=1S/C18H28N2O2.ClH/c1-13-6-8-15(9-7-13)17-16(5-4-10-22-17)12-20-18(21)14(2)11-19-3;/h6-9,14,16-17,19H,4-5,10-12H2,1-3H3,(H,20,21);1H. The Morgan fingerprint density at radius 2 is 2.04 bits per heavy atom. The van der Waals surface area contributed by atoms with Gasteiger partial charge in [0, 0.05) is 31.5 Å². The van der Waals surface area contributed by atoms with Crippen LogP contribution < -0.4 is 10.6 Å². The highest BCUT2D eigenvalue weighted by atomic mass is 35.5. The molecule has 3 atom stereocenters. The molecule has 4 nitrogen and oxygen atoms in total. The maximum atomic E-state index is 12.1. The van der Waals surface area contributed by atoms with Gasteiger partial charge in [-0.25, -0.2) is 0 Å². The van der Waals surface area contributed by atoms with Crippen molar-refractivity contribution in [2.24, 2.45) is 11.8 Å². The number of aryl methyl sites for hydroxylation is 1. The molecule has 0 radical (unpaired) electrons. The number of nitrogens with one attached hydrogen (secondary N) is 2. The summed E-state index contributed by atoms with van der Waals surface area (Å²) in [6.45, 7) is 6.23. The van der Waals surface area contributed by atoms with Gasteiger partial charge in [0.1, 0.15) is 0 Å². The summed E-state index contributed by atoms with van der Waals surface area (Å²) >= 11 is 0. The van der Waals surface area contributed by atoms with Gasteiger partial charge >= 0.3 is 0 Å². The van der Waals surface area contributed by atoms with Gasteiger partial charge in [-0.2, -0.15) is 0 Å². The Morgan fingerprint density at radius 1 is 1.35 bits per heavy atom. The van der Waals surface area contributed by atoms with E-state index < -0.39 is 0 Å². The molecule has 1 amide bonds. The average Bonchev–Trinajstić information content (AvgIpc) is 2.54. The zero-order valence-electron chi connectivity index (χ0n) is 14.3. The second-order valence-electron chi connectivity index (χ2n) is 6.31. The summed E-state index contributed by atoms with van der Waals surface area (Å²) in [5.41, 5.74) is 2.47. The van der Waals surface area contributed by atoms with Gasteiger partial charge in [-0.1, -0.05) is 36.8 Å². The van der Waals surface area contributed by atoms with Crippen molar-refractivity contribution >= 4 is 18.3 Å². The lowest BCUT2D eigenvalue weighted by Crippen LogP contribution is -2.39. The monoisotopic (exact) mass is 340 g/mol. The maximum absolute atomic E-state index is 12.1. The number of rotatable bonds is 6. The normalized spacial score (nSPS) is 22.0. The van der Waals surface area contributed by atoms with Crippen LogP contribution >= 0.6 is 12.4 Å². The average molecular weight is 341 g/mol. The smallest absolute Gasteiger partial charge is 0.224 e. The Bertz CT molecular complexity index is 478. The predicted molar refractivity (Wildman–Crippen MR) is 95.9 cm³/mol. The quantitative estimate of drug-likeness (QED) is 0.837. The Hall–Kier alpha value is -1.10. The van der Waals surface area contributed by atoms with Crippen LogP contribution in [0.2, 0.25) is 0 Å². The molecule has 1 aliphatic heterocycles. The summed E-state index contributed by atoms with van der Waals surface area (Å²) in [7, 11) is 1.87. The van der Waals surface area contributed by atoms with Gasteiger partial charge in [0.15, 0.2) is 0 Å². The number of benzene rings is 1. The molecular weight excluding hydrogens is 312 g/mol. The molecule has 1 fully saturated rings. The van der Waals surface area contributed by atoms with E-state index in [1.807, 2.05) is 14.0 Å². The van der Waals surface area contributed by atoms with Crippen LogP contribution in [-0.2, 0) is 9.53 Å². The van der Waals surface area contributed by atoms with Crippen molar-refractivity contribution < 1.29 is 9.53 Å². The molecule has 2 N–H and O–H groups in total. The molecule has 3 unspecified atom stereocenters. The molecule has 5 heteroatoms. The lowest BCUT2D eigenvalue weighted by Gasteiger charge is -2.32. The highest BCUT2D eigenvalue weighted by Gasteiger charge is 2.28. The number of hydrogen-bond acceptors (Lipinski definition) is 3. The van der Waals surface area contributed by atoms with Crippen molar-refractivity contribution in [2.75, 3.05) is 26.7 Å². The second-order valence-corrected chi connectivity index (χ2v) is 6.31. The number of halogens is 1. The molecule has 0 aromatic heterocycles. The Morgan fingerprint density at radius 3 is 2.70 bits per heavy atom. The first-order valence-electron chi connectivity index (χ1n) is 8.22. The molecule has 0 aliphatic carbocycles. The molecule has 1 saturated heterocycles. The summed E-state index contributed by atoms with van der Waals surface area (Å²) in [6, 6.07) is 8.53. The molecule has 0 spiro atoms. The molecule has 130 valence electrons. The fraction of sp³-hybridized carbons (Fsp3) is 0.611. The van der Waals surface area contributed by atoms with Crippen LogP contribution in [0.3, 0.4) is 0 Å². The number of carbonyl (C=O) groups is 1. The van der Waals surface area contributed by atoms with Crippen molar-refractivity contribution in [1.82, 2.24) is 10.6 Å².